The Labute approximate surface area is 427 Å². The quantitative estimate of drug-likeness (QED) is 0.0438. The number of aliphatic imine (C=N–C) groups is 1. The molecule has 77 heavy (non-hydrogen) atoms. The largest absolute Gasteiger partial charge is 0.346 e. The van der Waals surface area contributed by atoms with Crippen LogP contribution in [0.25, 0.3) is 0 Å². The maximum absolute atomic E-state index is 17.8. The molecule has 1 aliphatic rings. The fraction of sp³-hybridized carbons (Fsp3) is 0.204. The summed E-state index contributed by atoms with van der Waals surface area (Å²) in [5.74, 6) is -65.4. The van der Waals surface area contributed by atoms with Crippen molar-refractivity contribution in [2.75, 3.05) is 0 Å². The highest BCUT2D eigenvalue weighted by molar-refractivity contribution is 7.80. The molecule has 0 bridgehead atoms. The molecule has 0 aromatic heterocycles. The average molecular weight is 1120 g/mol. The highest BCUT2D eigenvalue weighted by atomic mass is 31.1. The van der Waals surface area contributed by atoms with Gasteiger partial charge in [0.05, 0.1) is 18.6 Å². The van der Waals surface area contributed by atoms with Crippen LogP contribution >= 0.6 is 7.92 Å². The minimum atomic E-state index is -7.27. The number of hydrogen-bond acceptors (Lipinski definition) is 2. The highest BCUT2D eigenvalue weighted by Gasteiger charge is 2.54. The molecule has 23 heteroatoms. The van der Waals surface area contributed by atoms with Gasteiger partial charge < -0.3 is 4.90 Å². The fourth-order valence-electron chi connectivity index (χ4n) is 10.3. The average Bonchev–Trinajstić information content (AvgIpc) is 3.95. The monoisotopic (exact) mass is 1120 g/mol. The predicted molar refractivity (Wildman–Crippen MR) is 253 cm³/mol. The van der Waals surface area contributed by atoms with Gasteiger partial charge in [-0.3, -0.25) is 4.99 Å². The summed E-state index contributed by atoms with van der Waals surface area (Å²) < 4.78 is 306. The van der Waals surface area contributed by atoms with Gasteiger partial charge in [-0.25, -0.2) is 83.4 Å². The van der Waals surface area contributed by atoms with E-state index in [1.54, 1.807) is 102 Å². The summed E-state index contributed by atoms with van der Waals surface area (Å²) in [6.45, 7) is 8.67. The Bertz CT molecular complexity index is 3240. The third-order valence-electron chi connectivity index (χ3n) is 13.5. The first-order chi connectivity index (χ1) is 36.0. The van der Waals surface area contributed by atoms with Crippen molar-refractivity contribution in [3.05, 3.63) is 207 Å². The summed E-state index contributed by atoms with van der Waals surface area (Å²) >= 11 is 0. The molecule has 0 radical (unpaired) electrons. The molecule has 0 fully saturated rings. The first-order valence-corrected chi connectivity index (χ1v) is 24.2. The molecule has 0 amide bonds. The summed E-state index contributed by atoms with van der Waals surface area (Å²) in [5.41, 5.74) is -17.4. The molecule has 0 spiro atoms. The lowest BCUT2D eigenvalue weighted by Crippen LogP contribution is -2.81. The zero-order valence-corrected chi connectivity index (χ0v) is 41.4. The SMILES string of the molecule is CC(C)(C)[C@@H]1[C@@H](C(C)(C)C)N=C(c2ccccc2P(c2ccccc2)c2ccccc2)N1Cc1c(F)c(F)c([B-](c2c(F)c(F)c(F)c(F)c2F)(c2c(F)c(F)c(F)c(F)c2F)c2c(F)c(F)c(F)c(F)c2F)c(F)c1F. The summed E-state index contributed by atoms with van der Waals surface area (Å²) in [4.78, 5) is 6.25. The van der Waals surface area contributed by atoms with Gasteiger partial charge in [-0.1, -0.05) is 126 Å². The summed E-state index contributed by atoms with van der Waals surface area (Å²) in [6, 6.07) is 22.4. The van der Waals surface area contributed by atoms with Crippen molar-refractivity contribution in [1.82, 2.24) is 4.90 Å². The van der Waals surface area contributed by atoms with E-state index < -0.39 is 181 Å². The third kappa shape index (κ3) is 8.82. The second-order valence-corrected chi connectivity index (χ2v) is 22.4. The van der Waals surface area contributed by atoms with E-state index in [0.717, 1.165) is 10.6 Å². The van der Waals surface area contributed by atoms with Gasteiger partial charge in [-0.15, -0.1) is 21.9 Å². The van der Waals surface area contributed by atoms with Crippen LogP contribution in [0.1, 0.15) is 52.7 Å². The molecule has 404 valence electrons. The van der Waals surface area contributed by atoms with Crippen LogP contribution in [-0.4, -0.2) is 29.0 Å². The third-order valence-corrected chi connectivity index (χ3v) is 16.0. The molecule has 7 aromatic carbocycles. The van der Waals surface area contributed by atoms with Crippen LogP contribution in [0.2, 0.25) is 0 Å². The standard InChI is InChI=1S/C54H36BF19N2P/c1-53(2,3)50-51(54(4,5)6)76(52(75-50)24-19-13-14-20-26(24)77(22-15-9-7-10-16-22)23-17-11-8-12-18-23)21-25-31(56)33(58)27(34(59)32(25)57)55(28-35(60)41(66)47(72)42(67)36(28)61,29-37(62)43(68)48(73)44(69)38(29)63)30-39(64)45(70)49(74)46(71)40(30)65/h7-20,50-51H,21H2,1-6H3/q-1/t50-,51-/m0/s1. The molecule has 2 atom stereocenters. The van der Waals surface area contributed by atoms with Crippen LogP contribution in [-0.2, 0) is 6.54 Å². The zero-order valence-electron chi connectivity index (χ0n) is 40.5. The Kier molecular flexibility index (Phi) is 14.8. The molecular weight excluding hydrogens is 1080 g/mol. The van der Waals surface area contributed by atoms with Crippen molar-refractivity contribution in [2.45, 2.75) is 60.2 Å². The van der Waals surface area contributed by atoms with Crippen LogP contribution < -0.4 is 37.8 Å². The molecule has 0 saturated heterocycles. The Balaban J connectivity index is 1.52. The minimum absolute atomic E-state index is 0.105. The molecule has 7 aromatic rings. The van der Waals surface area contributed by atoms with Crippen molar-refractivity contribution in [3.8, 4) is 0 Å². The van der Waals surface area contributed by atoms with E-state index in [2.05, 4.69) is 0 Å². The van der Waals surface area contributed by atoms with Crippen molar-refractivity contribution >= 4 is 57.7 Å². The second kappa shape index (κ2) is 20.2. The van der Waals surface area contributed by atoms with Crippen LogP contribution in [0, 0.1) is 121 Å². The second-order valence-electron chi connectivity index (χ2n) is 20.2. The highest BCUT2D eigenvalue weighted by Crippen LogP contribution is 2.44. The van der Waals surface area contributed by atoms with Crippen LogP contribution in [0.15, 0.2) is 89.9 Å². The number of hydrogen-bond donors (Lipinski definition) is 0. The maximum Gasteiger partial charge on any atom is 0.200 e. The van der Waals surface area contributed by atoms with Crippen molar-refractivity contribution in [2.24, 2.45) is 15.8 Å². The smallest absolute Gasteiger partial charge is 0.200 e. The minimum Gasteiger partial charge on any atom is -0.346 e. The topological polar surface area (TPSA) is 15.6 Å². The molecule has 8 rings (SSSR count). The number of amidine groups is 1. The van der Waals surface area contributed by atoms with E-state index in [9.17, 15) is 13.2 Å². The van der Waals surface area contributed by atoms with Crippen LogP contribution in [0.5, 0.6) is 0 Å². The van der Waals surface area contributed by atoms with Crippen molar-refractivity contribution in [1.29, 1.82) is 0 Å². The van der Waals surface area contributed by atoms with Gasteiger partial charge in [-0.05, 0) is 34.7 Å². The van der Waals surface area contributed by atoms with E-state index in [4.69, 9.17) is 4.99 Å². The Hall–Kier alpha value is -6.83. The van der Waals surface area contributed by atoms with Gasteiger partial charge in [0.25, 0.3) is 0 Å². The van der Waals surface area contributed by atoms with E-state index >= 15 is 70.2 Å². The Morgan fingerprint density at radius 2 is 0.688 bits per heavy atom. The Morgan fingerprint density at radius 3 is 1.01 bits per heavy atom. The summed E-state index contributed by atoms with van der Waals surface area (Å²) in [7, 11) is -1.58. The first kappa shape index (κ1) is 56.4. The van der Waals surface area contributed by atoms with Crippen LogP contribution in [0.3, 0.4) is 0 Å². The Morgan fingerprint density at radius 1 is 0.390 bits per heavy atom. The molecule has 0 N–H and O–H groups in total. The van der Waals surface area contributed by atoms with Gasteiger partial charge in [-0.2, -0.15) is 0 Å². The first-order valence-electron chi connectivity index (χ1n) is 22.9. The molecule has 0 saturated carbocycles. The molecule has 0 unspecified atom stereocenters. The van der Waals surface area contributed by atoms with Gasteiger partial charge >= 0.3 is 0 Å². The fourth-order valence-corrected chi connectivity index (χ4v) is 12.7. The van der Waals surface area contributed by atoms with E-state index in [1.165, 1.54) is 4.90 Å². The van der Waals surface area contributed by atoms with Crippen molar-refractivity contribution < 1.29 is 83.4 Å². The van der Waals surface area contributed by atoms with Gasteiger partial charge in [0, 0.05) is 11.1 Å². The van der Waals surface area contributed by atoms with E-state index in [1.807, 2.05) is 24.3 Å². The zero-order chi connectivity index (χ0) is 56.9. The molecule has 1 aliphatic heterocycles. The molecule has 1 heterocycles. The van der Waals surface area contributed by atoms with E-state index in [-0.39, 0.29) is 11.4 Å². The number of halogens is 19. The van der Waals surface area contributed by atoms with Gasteiger partial charge in [0.1, 0.15) is 58.5 Å². The normalized spacial score (nSPS) is 15.3. The van der Waals surface area contributed by atoms with E-state index in [0.29, 0.717) is 5.30 Å². The molecule has 2 nitrogen and oxygen atoms in total. The molecular formula is C54H36BF19N2P-. The summed E-state index contributed by atoms with van der Waals surface area (Å²) in [6.07, 6.45) is -7.27. The van der Waals surface area contributed by atoms with Crippen molar-refractivity contribution in [3.63, 3.8) is 0 Å². The number of nitrogens with zero attached hydrogens (tertiary/aromatic N) is 2. The van der Waals surface area contributed by atoms with Crippen LogP contribution in [0.4, 0.5) is 83.4 Å². The van der Waals surface area contributed by atoms with Gasteiger partial charge in [0.15, 0.2) is 64.0 Å². The van der Waals surface area contributed by atoms with Gasteiger partial charge in [0.2, 0.25) is 0 Å². The lowest BCUT2D eigenvalue weighted by atomic mass is 9.12. The lowest BCUT2D eigenvalue weighted by molar-refractivity contribution is 0.107. The molecule has 0 aliphatic carbocycles. The number of benzene rings is 7. The number of rotatable bonds is 10. The summed E-state index contributed by atoms with van der Waals surface area (Å²) in [5, 5.41) is 2.08. The lowest BCUT2D eigenvalue weighted by Gasteiger charge is -2.45. The maximum atomic E-state index is 17.8. The predicted octanol–water partition coefficient (Wildman–Crippen LogP) is 11.6.